The predicted octanol–water partition coefficient (Wildman–Crippen LogP) is 17.3. The summed E-state index contributed by atoms with van der Waals surface area (Å²) < 4.78 is 10.6. The highest BCUT2D eigenvalue weighted by Crippen LogP contribution is 2.12. The molecule has 0 heterocycles. The van der Waals surface area contributed by atoms with E-state index in [1.165, 1.54) is 57.8 Å². The molecule has 1 atom stereocenters. The smallest absolute Gasteiger partial charge is 0.306 e. The molecule has 0 aromatic carbocycles. The van der Waals surface area contributed by atoms with Crippen LogP contribution in [0, 0.1) is 0 Å². The molecule has 0 aliphatic carbocycles. The molecule has 0 aliphatic rings. The van der Waals surface area contributed by atoms with Crippen LogP contribution in [0.2, 0.25) is 0 Å². The molecule has 0 radical (unpaired) electrons. The summed E-state index contributed by atoms with van der Waals surface area (Å²) >= 11 is 0. The predicted molar refractivity (Wildman–Crippen MR) is 278 cm³/mol. The van der Waals surface area contributed by atoms with Gasteiger partial charge in [-0.25, -0.2) is 0 Å². The molecule has 0 saturated carbocycles. The number of esters is 2. The Morgan fingerprint density at radius 3 is 1.03 bits per heavy atom. The maximum atomic E-state index is 12.3. The Labute approximate surface area is 394 Å². The van der Waals surface area contributed by atoms with E-state index >= 15 is 0 Å². The van der Waals surface area contributed by atoms with Crippen LogP contribution in [0.5, 0.6) is 0 Å². The van der Waals surface area contributed by atoms with Crippen LogP contribution >= 0.6 is 0 Å². The molecule has 1 unspecified atom stereocenters. The van der Waals surface area contributed by atoms with Crippen molar-refractivity contribution < 1.29 is 24.2 Å². The highest BCUT2D eigenvalue weighted by molar-refractivity contribution is 5.70. The zero-order chi connectivity index (χ0) is 46.3. The molecule has 0 aliphatic heterocycles. The number of allylic oxidation sites excluding steroid dienone is 22. The van der Waals surface area contributed by atoms with E-state index in [4.69, 9.17) is 9.47 Å². The number of carbonyl (C=O) groups excluding carboxylic acids is 2. The molecule has 0 saturated heterocycles. The van der Waals surface area contributed by atoms with Crippen molar-refractivity contribution in [1.29, 1.82) is 0 Å². The molecular weight excluding hydrogens is 789 g/mol. The van der Waals surface area contributed by atoms with Crippen LogP contribution < -0.4 is 0 Å². The lowest BCUT2D eigenvalue weighted by molar-refractivity contribution is -0.161. The normalized spacial score (nSPS) is 13.4. The summed E-state index contributed by atoms with van der Waals surface area (Å²) in [5.41, 5.74) is 0. The fraction of sp³-hybridized carbons (Fsp3) is 0.593. The lowest BCUT2D eigenvalue weighted by atomic mass is 10.1. The molecule has 5 heteroatoms. The summed E-state index contributed by atoms with van der Waals surface area (Å²) in [6, 6.07) is 0. The molecule has 0 aromatic heterocycles. The largest absolute Gasteiger partial charge is 0.462 e. The summed E-state index contributed by atoms with van der Waals surface area (Å²) in [4.78, 5) is 24.4. The van der Waals surface area contributed by atoms with Crippen LogP contribution in [0.15, 0.2) is 134 Å². The zero-order valence-electron chi connectivity index (χ0n) is 41.0. The number of hydrogen-bond acceptors (Lipinski definition) is 5. The lowest BCUT2D eigenvalue weighted by Gasteiger charge is -2.15. The van der Waals surface area contributed by atoms with E-state index in [2.05, 4.69) is 148 Å². The third-order valence-electron chi connectivity index (χ3n) is 10.4. The standard InChI is InChI=1S/C59H94O5/c1-3-5-7-9-11-13-15-17-19-20-21-22-23-24-25-26-27-28-29-30-31-32-33-34-35-36-37-38-40-42-44-46-48-50-52-54-59(62)64-57(55-60)56-63-58(61)53-51-49-47-45-43-41-39-18-16-14-12-10-8-6-4-2/h5,7,11,13,17-19,21-22,24-25,27-28,30-31,33-34,36-37,39-40,42,57,60H,3-4,6,8-10,12,14-16,20,23,26,29,32,35,38,41,43-56H2,1-2H3/b7-5-,13-11-,19-17-,22-21-,25-24-,28-27-,31-30-,34-33-,37-36-,39-18-,42-40-. The first-order valence-electron chi connectivity index (χ1n) is 25.7. The molecule has 0 rings (SSSR count). The molecule has 5 nitrogen and oxygen atoms in total. The Balaban J connectivity index is 3.68. The number of carbonyl (C=O) groups is 2. The molecule has 0 amide bonds. The van der Waals surface area contributed by atoms with E-state index in [0.717, 1.165) is 122 Å². The van der Waals surface area contributed by atoms with Gasteiger partial charge in [0, 0.05) is 12.8 Å². The van der Waals surface area contributed by atoms with Crippen molar-refractivity contribution in [1.82, 2.24) is 0 Å². The zero-order valence-corrected chi connectivity index (χ0v) is 41.0. The first kappa shape index (κ1) is 60.0. The van der Waals surface area contributed by atoms with Crippen LogP contribution in [0.4, 0.5) is 0 Å². The van der Waals surface area contributed by atoms with Gasteiger partial charge in [-0.05, 0) is 116 Å². The number of unbranched alkanes of at least 4 members (excludes halogenated alkanes) is 15. The van der Waals surface area contributed by atoms with Gasteiger partial charge in [0.25, 0.3) is 0 Å². The number of aliphatic hydroxyl groups excluding tert-OH is 1. The Bertz CT molecular complexity index is 1370. The Morgan fingerprint density at radius 1 is 0.375 bits per heavy atom. The third-order valence-corrected chi connectivity index (χ3v) is 10.4. The van der Waals surface area contributed by atoms with Crippen molar-refractivity contribution in [3.05, 3.63) is 134 Å². The minimum absolute atomic E-state index is 0.0885. The first-order valence-corrected chi connectivity index (χ1v) is 25.7. The molecule has 64 heavy (non-hydrogen) atoms. The van der Waals surface area contributed by atoms with E-state index < -0.39 is 6.10 Å². The third kappa shape index (κ3) is 50.7. The SMILES string of the molecule is CC/C=C\C/C=C\C/C=C\C/C=C\C/C=C\C/C=C\C/C=C\C/C=C\C/C=C\C/C=C\CCCCCCC(=O)OC(CO)COC(=O)CCCCCCC/C=C\CCCCCCCC. The second-order valence-corrected chi connectivity index (χ2v) is 16.5. The summed E-state index contributed by atoms with van der Waals surface area (Å²) in [6.45, 7) is 3.98. The first-order chi connectivity index (χ1) is 31.6. The number of ether oxygens (including phenoxy) is 2. The minimum Gasteiger partial charge on any atom is -0.462 e. The van der Waals surface area contributed by atoms with E-state index in [0.29, 0.717) is 12.8 Å². The number of hydrogen-bond donors (Lipinski definition) is 1. The summed E-state index contributed by atoms with van der Waals surface area (Å²) in [6.07, 6.45) is 79.7. The monoisotopic (exact) mass is 883 g/mol. The Kier molecular flexibility index (Phi) is 50.1. The molecule has 360 valence electrons. The second kappa shape index (κ2) is 53.4. The van der Waals surface area contributed by atoms with Crippen LogP contribution in [0.25, 0.3) is 0 Å². The fourth-order valence-electron chi connectivity index (χ4n) is 6.58. The van der Waals surface area contributed by atoms with Crippen LogP contribution in [-0.4, -0.2) is 36.4 Å². The van der Waals surface area contributed by atoms with Crippen molar-refractivity contribution in [3.63, 3.8) is 0 Å². The Hall–Kier alpha value is -3.96. The number of aliphatic hydroxyl groups is 1. The van der Waals surface area contributed by atoms with Gasteiger partial charge in [-0.2, -0.15) is 0 Å². The van der Waals surface area contributed by atoms with Gasteiger partial charge in [-0.15, -0.1) is 0 Å². The van der Waals surface area contributed by atoms with E-state index in [-0.39, 0.29) is 25.2 Å². The van der Waals surface area contributed by atoms with Crippen molar-refractivity contribution in [3.8, 4) is 0 Å². The topological polar surface area (TPSA) is 72.8 Å². The summed E-state index contributed by atoms with van der Waals surface area (Å²) in [5, 5.41) is 9.61. The van der Waals surface area contributed by atoms with Gasteiger partial charge in [-0.3, -0.25) is 9.59 Å². The molecule has 0 bridgehead atoms. The van der Waals surface area contributed by atoms with E-state index in [1.807, 2.05) is 0 Å². The van der Waals surface area contributed by atoms with Crippen molar-refractivity contribution >= 4 is 11.9 Å². The molecular formula is C59H94O5. The summed E-state index contributed by atoms with van der Waals surface area (Å²) in [7, 11) is 0. The van der Waals surface area contributed by atoms with E-state index in [1.54, 1.807) is 0 Å². The van der Waals surface area contributed by atoms with Gasteiger partial charge < -0.3 is 14.6 Å². The minimum atomic E-state index is -0.798. The van der Waals surface area contributed by atoms with Crippen molar-refractivity contribution in [2.45, 2.75) is 213 Å². The van der Waals surface area contributed by atoms with Gasteiger partial charge >= 0.3 is 11.9 Å². The van der Waals surface area contributed by atoms with Crippen molar-refractivity contribution in [2.75, 3.05) is 13.2 Å². The van der Waals surface area contributed by atoms with Crippen LogP contribution in [-0.2, 0) is 19.1 Å². The van der Waals surface area contributed by atoms with Gasteiger partial charge in [-0.1, -0.05) is 212 Å². The van der Waals surface area contributed by atoms with Gasteiger partial charge in [0.2, 0.25) is 0 Å². The van der Waals surface area contributed by atoms with E-state index in [9.17, 15) is 14.7 Å². The highest BCUT2D eigenvalue weighted by Gasteiger charge is 2.16. The Morgan fingerprint density at radius 2 is 0.672 bits per heavy atom. The van der Waals surface area contributed by atoms with Gasteiger partial charge in [0.05, 0.1) is 6.61 Å². The van der Waals surface area contributed by atoms with Gasteiger partial charge in [0.1, 0.15) is 6.61 Å². The fourth-order valence-corrected chi connectivity index (χ4v) is 6.58. The van der Waals surface area contributed by atoms with Crippen LogP contribution in [0.3, 0.4) is 0 Å². The van der Waals surface area contributed by atoms with Gasteiger partial charge in [0.15, 0.2) is 6.10 Å². The molecule has 1 N–H and O–H groups in total. The van der Waals surface area contributed by atoms with Crippen LogP contribution in [0.1, 0.15) is 206 Å². The lowest BCUT2D eigenvalue weighted by Crippen LogP contribution is -2.28. The second-order valence-electron chi connectivity index (χ2n) is 16.5. The highest BCUT2D eigenvalue weighted by atomic mass is 16.6. The average Bonchev–Trinajstić information content (AvgIpc) is 3.30. The molecule has 0 aromatic rings. The maximum absolute atomic E-state index is 12.3. The van der Waals surface area contributed by atoms with Crippen molar-refractivity contribution in [2.24, 2.45) is 0 Å². The quantitative estimate of drug-likeness (QED) is 0.0375. The average molecular weight is 883 g/mol. The summed E-state index contributed by atoms with van der Waals surface area (Å²) in [5.74, 6) is -0.639. The molecule has 0 fully saturated rings. The number of rotatable bonds is 45. The maximum Gasteiger partial charge on any atom is 0.306 e. The molecule has 0 spiro atoms.